The van der Waals surface area contributed by atoms with Gasteiger partial charge in [0, 0.05) is 13.1 Å². The van der Waals surface area contributed by atoms with Gasteiger partial charge in [0.15, 0.2) is 0 Å². The Morgan fingerprint density at radius 2 is 1.75 bits per heavy atom. The van der Waals surface area contributed by atoms with Crippen molar-refractivity contribution in [1.29, 1.82) is 0 Å². The molecule has 1 aromatic heterocycles. The Hall–Kier alpha value is -1.52. The summed E-state index contributed by atoms with van der Waals surface area (Å²) in [5.74, 6) is 0.279. The largest absolute Gasteiger partial charge is 0.362 e. The monoisotopic (exact) mass is 278 g/mol. The van der Waals surface area contributed by atoms with Crippen LogP contribution in [-0.4, -0.2) is 28.8 Å². The highest BCUT2D eigenvalue weighted by atomic mass is 16.5. The predicted molar refractivity (Wildman–Crippen MR) is 75.1 cm³/mol. The van der Waals surface area contributed by atoms with E-state index in [9.17, 15) is 9.59 Å². The third-order valence-corrected chi connectivity index (χ3v) is 4.65. The topological polar surface area (TPSA) is 55.5 Å². The summed E-state index contributed by atoms with van der Waals surface area (Å²) in [4.78, 5) is 26.3. The Balaban J connectivity index is 1.88. The number of piperidine rings is 1. The Labute approximate surface area is 118 Å². The number of hydrogen-bond acceptors (Lipinski definition) is 3. The molecule has 5 nitrogen and oxygen atoms in total. The van der Waals surface area contributed by atoms with E-state index in [1.807, 2.05) is 6.92 Å². The molecule has 1 aliphatic heterocycles. The van der Waals surface area contributed by atoms with Crippen LogP contribution in [0.4, 0.5) is 4.79 Å². The van der Waals surface area contributed by atoms with Gasteiger partial charge in [-0.1, -0.05) is 12.8 Å². The van der Waals surface area contributed by atoms with Crippen molar-refractivity contribution in [3.63, 3.8) is 0 Å². The van der Waals surface area contributed by atoms with E-state index in [1.54, 1.807) is 4.90 Å². The zero-order chi connectivity index (χ0) is 14.1. The van der Waals surface area contributed by atoms with E-state index in [-0.39, 0.29) is 17.6 Å². The van der Waals surface area contributed by atoms with Gasteiger partial charge in [-0.25, -0.2) is 9.59 Å². The summed E-state index contributed by atoms with van der Waals surface area (Å²) in [7, 11) is 0. The smallest absolute Gasteiger partial charge is 0.327 e. The number of carbonyl (C=O) groups excluding carboxylic acids is 1. The molecule has 1 aliphatic carbocycles. The zero-order valence-corrected chi connectivity index (χ0v) is 12.1. The van der Waals surface area contributed by atoms with Gasteiger partial charge in [0.1, 0.15) is 0 Å². The lowest BCUT2D eigenvalue weighted by molar-refractivity contribution is 0.155. The van der Waals surface area contributed by atoms with Gasteiger partial charge < -0.3 is 9.42 Å². The molecule has 1 saturated carbocycles. The summed E-state index contributed by atoms with van der Waals surface area (Å²) in [6, 6.07) is -0.177. The SMILES string of the molecule is Cc1c(C2CCCC2)c(=O)on1C(=O)N1CCCCC1. The summed E-state index contributed by atoms with van der Waals surface area (Å²) in [6.07, 6.45) is 7.63. The van der Waals surface area contributed by atoms with Gasteiger partial charge >= 0.3 is 11.7 Å². The number of nitrogens with zero attached hydrogens (tertiary/aromatic N) is 2. The second kappa shape index (κ2) is 5.46. The van der Waals surface area contributed by atoms with E-state index in [1.165, 1.54) is 11.2 Å². The van der Waals surface area contributed by atoms with Crippen molar-refractivity contribution in [2.45, 2.75) is 57.8 Å². The number of amides is 1. The fourth-order valence-electron chi connectivity index (χ4n) is 3.53. The van der Waals surface area contributed by atoms with Gasteiger partial charge in [0.25, 0.3) is 0 Å². The Bertz CT molecular complexity index is 546. The van der Waals surface area contributed by atoms with Gasteiger partial charge in [0.2, 0.25) is 0 Å². The van der Waals surface area contributed by atoms with Crippen LogP contribution in [-0.2, 0) is 0 Å². The van der Waals surface area contributed by atoms with Crippen molar-refractivity contribution in [2.75, 3.05) is 13.1 Å². The van der Waals surface area contributed by atoms with Gasteiger partial charge in [-0.3, -0.25) is 0 Å². The highest BCUT2D eigenvalue weighted by Gasteiger charge is 2.29. The Morgan fingerprint density at radius 3 is 2.40 bits per heavy atom. The van der Waals surface area contributed by atoms with E-state index in [2.05, 4.69) is 0 Å². The first kappa shape index (κ1) is 13.5. The average Bonchev–Trinajstić information content (AvgIpc) is 3.07. The molecule has 0 bridgehead atoms. The molecule has 3 rings (SSSR count). The van der Waals surface area contributed by atoms with Gasteiger partial charge in [-0.05, 0) is 44.9 Å². The third kappa shape index (κ3) is 2.30. The summed E-state index contributed by atoms with van der Waals surface area (Å²) in [5, 5.41) is 0. The molecule has 20 heavy (non-hydrogen) atoms. The molecule has 5 heteroatoms. The number of aromatic nitrogens is 1. The summed E-state index contributed by atoms with van der Waals surface area (Å²) < 4.78 is 6.47. The lowest BCUT2D eigenvalue weighted by atomic mass is 9.98. The number of likely N-dealkylation sites (tertiary alicyclic amines) is 1. The minimum atomic E-state index is -0.320. The summed E-state index contributed by atoms with van der Waals surface area (Å²) >= 11 is 0. The fourth-order valence-corrected chi connectivity index (χ4v) is 3.53. The van der Waals surface area contributed by atoms with E-state index < -0.39 is 0 Å². The Morgan fingerprint density at radius 1 is 1.10 bits per heavy atom. The molecule has 2 aliphatic rings. The third-order valence-electron chi connectivity index (χ3n) is 4.65. The second-order valence-electron chi connectivity index (χ2n) is 5.98. The summed E-state index contributed by atoms with van der Waals surface area (Å²) in [5.41, 5.74) is 1.12. The van der Waals surface area contributed by atoms with Crippen molar-refractivity contribution in [2.24, 2.45) is 0 Å². The van der Waals surface area contributed by atoms with E-state index in [0.717, 1.165) is 57.2 Å². The molecule has 110 valence electrons. The molecular weight excluding hydrogens is 256 g/mol. The van der Waals surface area contributed by atoms with Gasteiger partial charge in [-0.2, -0.15) is 0 Å². The fraction of sp³-hybridized carbons (Fsp3) is 0.733. The minimum absolute atomic E-state index is 0.177. The first-order valence-electron chi connectivity index (χ1n) is 7.70. The molecule has 1 aromatic rings. The number of carbonyl (C=O) groups is 1. The predicted octanol–water partition coefficient (Wildman–Crippen LogP) is 2.86. The van der Waals surface area contributed by atoms with Crippen LogP contribution in [0.5, 0.6) is 0 Å². The van der Waals surface area contributed by atoms with Gasteiger partial charge in [0.05, 0.1) is 11.3 Å². The van der Waals surface area contributed by atoms with E-state index in [4.69, 9.17) is 4.52 Å². The highest BCUT2D eigenvalue weighted by Crippen LogP contribution is 2.34. The van der Waals surface area contributed by atoms with Crippen LogP contribution in [0.1, 0.15) is 62.1 Å². The van der Waals surface area contributed by atoms with Crippen LogP contribution in [0.25, 0.3) is 0 Å². The van der Waals surface area contributed by atoms with Crippen LogP contribution in [0.2, 0.25) is 0 Å². The highest BCUT2D eigenvalue weighted by molar-refractivity contribution is 5.76. The van der Waals surface area contributed by atoms with E-state index in [0.29, 0.717) is 5.69 Å². The molecule has 2 heterocycles. The molecule has 1 amide bonds. The first-order chi connectivity index (χ1) is 9.68. The first-order valence-corrected chi connectivity index (χ1v) is 7.70. The molecule has 0 radical (unpaired) electrons. The summed E-state index contributed by atoms with van der Waals surface area (Å²) in [6.45, 7) is 3.36. The van der Waals surface area contributed by atoms with Crippen molar-refractivity contribution in [3.05, 3.63) is 21.7 Å². The van der Waals surface area contributed by atoms with Crippen molar-refractivity contribution in [3.8, 4) is 0 Å². The molecule has 0 unspecified atom stereocenters. The Kier molecular flexibility index (Phi) is 3.68. The van der Waals surface area contributed by atoms with Crippen molar-refractivity contribution in [1.82, 2.24) is 9.64 Å². The van der Waals surface area contributed by atoms with Crippen LogP contribution < -0.4 is 5.63 Å². The van der Waals surface area contributed by atoms with Crippen LogP contribution in [0, 0.1) is 6.92 Å². The van der Waals surface area contributed by atoms with Crippen molar-refractivity contribution < 1.29 is 9.32 Å². The maximum absolute atomic E-state index is 12.5. The van der Waals surface area contributed by atoms with Crippen LogP contribution in [0.15, 0.2) is 9.32 Å². The van der Waals surface area contributed by atoms with E-state index >= 15 is 0 Å². The molecule has 0 aromatic carbocycles. The molecule has 1 saturated heterocycles. The van der Waals surface area contributed by atoms with Crippen molar-refractivity contribution >= 4 is 6.03 Å². The zero-order valence-electron chi connectivity index (χ0n) is 12.1. The maximum Gasteiger partial charge on any atom is 0.362 e. The standard InChI is InChI=1S/C15H22N2O3/c1-11-13(12-7-3-4-8-12)14(18)20-17(11)15(19)16-9-5-2-6-10-16/h12H,2-10H2,1H3. The molecule has 0 atom stereocenters. The lowest BCUT2D eigenvalue weighted by Gasteiger charge is -2.26. The van der Waals surface area contributed by atoms with Crippen LogP contribution >= 0.6 is 0 Å². The second-order valence-corrected chi connectivity index (χ2v) is 5.98. The molecule has 0 spiro atoms. The quantitative estimate of drug-likeness (QED) is 0.793. The number of hydrogen-bond donors (Lipinski definition) is 0. The average molecular weight is 278 g/mol. The normalized spacial score (nSPS) is 20.6. The molecule has 0 N–H and O–H groups in total. The molecule has 2 fully saturated rings. The lowest BCUT2D eigenvalue weighted by Crippen LogP contribution is -2.38. The van der Waals surface area contributed by atoms with Gasteiger partial charge in [-0.15, -0.1) is 4.74 Å². The molecular formula is C15H22N2O3. The minimum Gasteiger partial charge on any atom is -0.327 e. The van der Waals surface area contributed by atoms with Crippen LogP contribution in [0.3, 0.4) is 0 Å². The number of rotatable bonds is 1. The maximum atomic E-state index is 12.5.